The van der Waals surface area contributed by atoms with Gasteiger partial charge < -0.3 is 4.90 Å². The van der Waals surface area contributed by atoms with E-state index in [4.69, 9.17) is 0 Å². The zero-order chi connectivity index (χ0) is 10.7. The highest BCUT2D eigenvalue weighted by Crippen LogP contribution is 2.37. The first-order chi connectivity index (χ1) is 6.50. The van der Waals surface area contributed by atoms with E-state index in [1.165, 1.54) is 25.8 Å². The molecule has 1 heteroatoms. The molecule has 0 aromatic carbocycles. The second-order valence-electron chi connectivity index (χ2n) is 5.83. The normalized spacial score (nSPS) is 34.1. The van der Waals surface area contributed by atoms with Crippen molar-refractivity contribution in [2.24, 2.45) is 23.7 Å². The summed E-state index contributed by atoms with van der Waals surface area (Å²) >= 11 is 0. The third-order valence-electron chi connectivity index (χ3n) is 3.85. The largest absolute Gasteiger partial charge is 0.309 e. The van der Waals surface area contributed by atoms with Gasteiger partial charge in [-0.15, -0.1) is 0 Å². The fraction of sp³-hybridized carbons (Fsp3) is 1.00. The van der Waals surface area contributed by atoms with Crippen molar-refractivity contribution in [3.8, 4) is 0 Å². The van der Waals surface area contributed by atoms with E-state index < -0.39 is 0 Å². The quantitative estimate of drug-likeness (QED) is 0.671. The number of nitrogens with zero attached hydrogens (tertiary/aromatic N) is 1. The molecule has 14 heavy (non-hydrogen) atoms. The first-order valence-corrected chi connectivity index (χ1v) is 6.15. The van der Waals surface area contributed by atoms with Crippen LogP contribution in [0.3, 0.4) is 0 Å². The van der Waals surface area contributed by atoms with Gasteiger partial charge in [-0.05, 0) is 50.6 Å². The van der Waals surface area contributed by atoms with Crippen LogP contribution in [0.2, 0.25) is 0 Å². The van der Waals surface area contributed by atoms with Crippen molar-refractivity contribution in [3.63, 3.8) is 0 Å². The van der Waals surface area contributed by atoms with Crippen LogP contribution in [0, 0.1) is 23.7 Å². The van der Waals surface area contributed by atoms with E-state index >= 15 is 0 Å². The molecule has 0 saturated heterocycles. The van der Waals surface area contributed by atoms with Crippen LogP contribution in [0.1, 0.15) is 40.0 Å². The lowest BCUT2D eigenvalue weighted by Crippen LogP contribution is -2.32. The molecular formula is C13H27N. The van der Waals surface area contributed by atoms with Crippen molar-refractivity contribution in [2.45, 2.75) is 40.0 Å². The fourth-order valence-electron chi connectivity index (χ4n) is 3.06. The van der Waals surface area contributed by atoms with Crippen molar-refractivity contribution in [1.82, 2.24) is 4.90 Å². The van der Waals surface area contributed by atoms with Gasteiger partial charge in [-0.25, -0.2) is 0 Å². The van der Waals surface area contributed by atoms with Crippen LogP contribution < -0.4 is 0 Å². The number of hydrogen-bond acceptors (Lipinski definition) is 1. The van der Waals surface area contributed by atoms with Crippen molar-refractivity contribution in [3.05, 3.63) is 0 Å². The predicted octanol–water partition coefficient (Wildman–Crippen LogP) is 3.26. The number of rotatable bonds is 3. The summed E-state index contributed by atoms with van der Waals surface area (Å²) in [4.78, 5) is 2.35. The molecule has 0 N–H and O–H groups in total. The molecule has 0 radical (unpaired) electrons. The SMILES string of the molecule is CC(C)C1CC(CN(C)C)CCC1C. The van der Waals surface area contributed by atoms with Crippen LogP contribution in [0.25, 0.3) is 0 Å². The van der Waals surface area contributed by atoms with Crippen molar-refractivity contribution < 1.29 is 0 Å². The Morgan fingerprint density at radius 3 is 2.36 bits per heavy atom. The average molecular weight is 197 g/mol. The van der Waals surface area contributed by atoms with Crippen molar-refractivity contribution >= 4 is 0 Å². The van der Waals surface area contributed by atoms with Gasteiger partial charge in [-0.3, -0.25) is 0 Å². The Kier molecular flexibility index (Phi) is 4.43. The molecule has 0 bridgehead atoms. The molecule has 1 rings (SSSR count). The van der Waals surface area contributed by atoms with Crippen LogP contribution in [-0.4, -0.2) is 25.5 Å². The summed E-state index contributed by atoms with van der Waals surface area (Å²) in [6.07, 6.45) is 4.35. The lowest BCUT2D eigenvalue weighted by atomic mass is 9.70. The molecular weight excluding hydrogens is 170 g/mol. The maximum absolute atomic E-state index is 2.44. The van der Waals surface area contributed by atoms with Crippen LogP contribution in [0.4, 0.5) is 0 Å². The number of hydrogen-bond donors (Lipinski definition) is 0. The maximum Gasteiger partial charge on any atom is 0.000366 e. The summed E-state index contributed by atoms with van der Waals surface area (Å²) in [5.74, 6) is 3.74. The molecule has 1 aliphatic rings. The van der Waals surface area contributed by atoms with E-state index in [0.717, 1.165) is 23.7 Å². The summed E-state index contributed by atoms with van der Waals surface area (Å²) in [5, 5.41) is 0. The van der Waals surface area contributed by atoms with Crippen molar-refractivity contribution in [1.29, 1.82) is 0 Å². The van der Waals surface area contributed by atoms with E-state index in [0.29, 0.717) is 0 Å². The van der Waals surface area contributed by atoms with Crippen molar-refractivity contribution in [2.75, 3.05) is 20.6 Å². The topological polar surface area (TPSA) is 3.24 Å². The Balaban J connectivity index is 2.45. The summed E-state index contributed by atoms with van der Waals surface area (Å²) in [5.41, 5.74) is 0. The van der Waals surface area contributed by atoms with Crippen LogP contribution in [0.5, 0.6) is 0 Å². The van der Waals surface area contributed by atoms with Crippen LogP contribution in [0.15, 0.2) is 0 Å². The van der Waals surface area contributed by atoms with Gasteiger partial charge in [0.15, 0.2) is 0 Å². The molecule has 3 atom stereocenters. The van der Waals surface area contributed by atoms with E-state index in [9.17, 15) is 0 Å². The zero-order valence-corrected chi connectivity index (χ0v) is 10.6. The highest BCUT2D eigenvalue weighted by atomic mass is 15.1. The van der Waals surface area contributed by atoms with Gasteiger partial charge in [-0.2, -0.15) is 0 Å². The molecule has 0 spiro atoms. The third-order valence-corrected chi connectivity index (χ3v) is 3.85. The minimum atomic E-state index is 0.870. The van der Waals surface area contributed by atoms with Crippen LogP contribution >= 0.6 is 0 Å². The molecule has 0 heterocycles. The monoisotopic (exact) mass is 197 g/mol. The second kappa shape index (κ2) is 5.16. The third kappa shape index (κ3) is 3.27. The minimum absolute atomic E-state index is 0.870. The van der Waals surface area contributed by atoms with Gasteiger partial charge in [0.1, 0.15) is 0 Å². The first-order valence-electron chi connectivity index (χ1n) is 6.15. The average Bonchev–Trinajstić information content (AvgIpc) is 2.07. The van der Waals surface area contributed by atoms with Gasteiger partial charge in [0.25, 0.3) is 0 Å². The van der Waals surface area contributed by atoms with Gasteiger partial charge >= 0.3 is 0 Å². The zero-order valence-electron chi connectivity index (χ0n) is 10.6. The highest BCUT2D eigenvalue weighted by Gasteiger charge is 2.29. The molecule has 1 aliphatic carbocycles. The van der Waals surface area contributed by atoms with E-state index in [1.54, 1.807) is 0 Å². The first kappa shape index (κ1) is 12.0. The van der Waals surface area contributed by atoms with Gasteiger partial charge in [0.05, 0.1) is 0 Å². The molecule has 0 aromatic rings. The summed E-state index contributed by atoms with van der Waals surface area (Å²) in [6.45, 7) is 8.50. The Morgan fingerprint density at radius 2 is 1.86 bits per heavy atom. The Hall–Kier alpha value is -0.0400. The molecule has 1 fully saturated rings. The predicted molar refractivity (Wildman–Crippen MR) is 63.4 cm³/mol. The summed E-state index contributed by atoms with van der Waals surface area (Å²) in [6, 6.07) is 0. The lowest BCUT2D eigenvalue weighted by Gasteiger charge is -2.37. The van der Waals surface area contributed by atoms with E-state index in [-0.39, 0.29) is 0 Å². The van der Waals surface area contributed by atoms with Gasteiger partial charge in [0, 0.05) is 6.54 Å². The Labute approximate surface area is 89.9 Å². The molecule has 1 nitrogen and oxygen atoms in total. The molecule has 1 saturated carbocycles. The Bertz CT molecular complexity index is 163. The van der Waals surface area contributed by atoms with Gasteiger partial charge in [-0.1, -0.05) is 27.2 Å². The summed E-state index contributed by atoms with van der Waals surface area (Å²) in [7, 11) is 4.39. The maximum atomic E-state index is 2.44. The molecule has 3 unspecified atom stereocenters. The lowest BCUT2D eigenvalue weighted by molar-refractivity contribution is 0.128. The fourth-order valence-corrected chi connectivity index (χ4v) is 3.06. The highest BCUT2D eigenvalue weighted by molar-refractivity contribution is 4.80. The van der Waals surface area contributed by atoms with E-state index in [1.807, 2.05) is 0 Å². The van der Waals surface area contributed by atoms with E-state index in [2.05, 4.69) is 39.8 Å². The minimum Gasteiger partial charge on any atom is -0.309 e. The Morgan fingerprint density at radius 1 is 1.21 bits per heavy atom. The molecule has 84 valence electrons. The van der Waals surface area contributed by atoms with Gasteiger partial charge in [0.2, 0.25) is 0 Å². The molecule has 0 aliphatic heterocycles. The molecule has 0 amide bonds. The molecule has 0 aromatic heterocycles. The smallest absolute Gasteiger partial charge is 0.000366 e. The second-order valence-corrected chi connectivity index (χ2v) is 5.83. The van der Waals surface area contributed by atoms with Crippen LogP contribution in [-0.2, 0) is 0 Å². The standard InChI is InChI=1S/C13H27N/c1-10(2)13-8-12(9-14(4)5)7-6-11(13)3/h10-13H,6-9H2,1-5H3. The summed E-state index contributed by atoms with van der Waals surface area (Å²) < 4.78 is 0.